The second-order valence-electron chi connectivity index (χ2n) is 7.58. The summed E-state index contributed by atoms with van der Waals surface area (Å²) in [4.78, 5) is 2.33. The molecule has 0 heterocycles. The van der Waals surface area contributed by atoms with Gasteiger partial charge >= 0.3 is 0 Å². The van der Waals surface area contributed by atoms with Gasteiger partial charge in [-0.15, -0.1) is 0 Å². The molecule has 0 N–H and O–H groups in total. The first-order chi connectivity index (χ1) is 14.8. The Morgan fingerprint density at radius 2 is 1.03 bits per heavy atom. The minimum absolute atomic E-state index is 1.15. The van der Waals surface area contributed by atoms with E-state index in [9.17, 15) is 0 Å². The molecule has 0 aliphatic heterocycles. The van der Waals surface area contributed by atoms with Crippen LogP contribution in [0.3, 0.4) is 0 Å². The molecule has 1 nitrogen and oxygen atoms in total. The van der Waals surface area contributed by atoms with Crippen LogP contribution in [0.15, 0.2) is 121 Å². The SMILES string of the molecule is Cc1ccc(-c2ccc(N(c3ccccc3)c3cccc4ccccc34)cc2)cc1. The number of anilines is 3. The van der Waals surface area contributed by atoms with Crippen LogP contribution in [0, 0.1) is 6.92 Å². The number of hydrogen-bond donors (Lipinski definition) is 0. The first-order valence-corrected chi connectivity index (χ1v) is 10.3. The standard InChI is InChI=1S/C29H23N/c1-22-14-16-23(17-15-22)24-18-20-27(21-19-24)30(26-10-3-2-4-11-26)29-13-7-9-25-8-5-6-12-28(25)29/h2-21H,1H3. The van der Waals surface area contributed by atoms with Gasteiger partial charge in [0.25, 0.3) is 0 Å². The van der Waals surface area contributed by atoms with Crippen molar-refractivity contribution in [1.29, 1.82) is 0 Å². The summed E-state index contributed by atoms with van der Waals surface area (Å²) in [7, 11) is 0. The summed E-state index contributed by atoms with van der Waals surface area (Å²) in [5, 5.41) is 2.48. The molecular weight excluding hydrogens is 362 g/mol. The van der Waals surface area contributed by atoms with Gasteiger partial charge in [-0.05, 0) is 53.8 Å². The third-order valence-corrected chi connectivity index (χ3v) is 5.53. The average molecular weight is 386 g/mol. The van der Waals surface area contributed by atoms with Gasteiger partial charge in [0.05, 0.1) is 5.69 Å². The van der Waals surface area contributed by atoms with Crippen molar-refractivity contribution in [2.75, 3.05) is 4.90 Å². The third-order valence-electron chi connectivity index (χ3n) is 5.53. The predicted octanol–water partition coefficient (Wildman–Crippen LogP) is 8.29. The lowest BCUT2D eigenvalue weighted by Crippen LogP contribution is -2.10. The smallest absolute Gasteiger partial charge is 0.0540 e. The van der Waals surface area contributed by atoms with Gasteiger partial charge in [0.1, 0.15) is 0 Å². The largest absolute Gasteiger partial charge is 0.310 e. The quantitative estimate of drug-likeness (QED) is 0.301. The topological polar surface area (TPSA) is 3.24 Å². The van der Waals surface area contributed by atoms with Gasteiger partial charge in [0.2, 0.25) is 0 Å². The van der Waals surface area contributed by atoms with Crippen LogP contribution in [0.25, 0.3) is 21.9 Å². The van der Waals surface area contributed by atoms with Crippen LogP contribution in [0.4, 0.5) is 17.1 Å². The summed E-state index contributed by atoms with van der Waals surface area (Å²) in [5.41, 5.74) is 7.22. The van der Waals surface area contributed by atoms with Gasteiger partial charge in [-0.25, -0.2) is 0 Å². The van der Waals surface area contributed by atoms with Gasteiger partial charge in [0, 0.05) is 16.8 Å². The molecule has 0 spiro atoms. The first-order valence-electron chi connectivity index (χ1n) is 10.3. The first kappa shape index (κ1) is 18.2. The second kappa shape index (κ2) is 7.88. The number of nitrogens with zero attached hydrogens (tertiary/aromatic N) is 1. The Morgan fingerprint density at radius 3 is 1.77 bits per heavy atom. The number of benzene rings is 5. The van der Waals surface area contributed by atoms with Crippen molar-refractivity contribution in [3.05, 3.63) is 127 Å². The number of para-hydroxylation sites is 1. The van der Waals surface area contributed by atoms with E-state index in [-0.39, 0.29) is 0 Å². The zero-order valence-electron chi connectivity index (χ0n) is 17.0. The maximum Gasteiger partial charge on any atom is 0.0540 e. The molecule has 5 aromatic rings. The van der Waals surface area contributed by atoms with Crippen LogP contribution >= 0.6 is 0 Å². The van der Waals surface area contributed by atoms with E-state index in [0.29, 0.717) is 0 Å². The van der Waals surface area contributed by atoms with Crippen LogP contribution in [-0.4, -0.2) is 0 Å². The minimum Gasteiger partial charge on any atom is -0.310 e. The van der Waals surface area contributed by atoms with Gasteiger partial charge in [-0.2, -0.15) is 0 Å². The van der Waals surface area contributed by atoms with E-state index in [0.717, 1.165) is 11.4 Å². The third kappa shape index (κ3) is 3.46. The van der Waals surface area contributed by atoms with Gasteiger partial charge in [-0.3, -0.25) is 0 Å². The van der Waals surface area contributed by atoms with E-state index in [1.807, 2.05) is 0 Å². The highest BCUT2D eigenvalue weighted by atomic mass is 15.1. The lowest BCUT2D eigenvalue weighted by molar-refractivity contribution is 1.30. The van der Waals surface area contributed by atoms with Crippen molar-refractivity contribution in [3.8, 4) is 11.1 Å². The maximum absolute atomic E-state index is 2.33. The molecule has 144 valence electrons. The van der Waals surface area contributed by atoms with Gasteiger partial charge in [0.15, 0.2) is 0 Å². The van der Waals surface area contributed by atoms with E-state index < -0.39 is 0 Å². The van der Waals surface area contributed by atoms with Crippen molar-refractivity contribution in [2.24, 2.45) is 0 Å². The van der Waals surface area contributed by atoms with E-state index >= 15 is 0 Å². The lowest BCUT2D eigenvalue weighted by atomic mass is 10.0. The second-order valence-corrected chi connectivity index (χ2v) is 7.58. The Bertz CT molecular complexity index is 1260. The molecule has 0 atom stereocenters. The van der Waals surface area contributed by atoms with E-state index in [4.69, 9.17) is 0 Å². The molecule has 1 heteroatoms. The predicted molar refractivity (Wildman–Crippen MR) is 129 cm³/mol. The maximum atomic E-state index is 2.33. The Morgan fingerprint density at radius 1 is 0.467 bits per heavy atom. The molecule has 0 saturated heterocycles. The zero-order chi connectivity index (χ0) is 20.3. The molecule has 0 aliphatic carbocycles. The molecule has 0 saturated carbocycles. The Balaban J connectivity index is 1.63. The molecule has 0 amide bonds. The number of fused-ring (bicyclic) bond motifs is 1. The van der Waals surface area contributed by atoms with Crippen LogP contribution in [0.2, 0.25) is 0 Å². The van der Waals surface area contributed by atoms with Crippen LogP contribution in [0.1, 0.15) is 5.56 Å². The highest BCUT2D eigenvalue weighted by Gasteiger charge is 2.14. The lowest BCUT2D eigenvalue weighted by Gasteiger charge is -2.27. The van der Waals surface area contributed by atoms with Crippen molar-refractivity contribution < 1.29 is 0 Å². The zero-order valence-corrected chi connectivity index (χ0v) is 17.0. The summed E-state index contributed by atoms with van der Waals surface area (Å²) in [6, 6.07) is 43.2. The van der Waals surface area contributed by atoms with Crippen LogP contribution < -0.4 is 4.90 Å². The van der Waals surface area contributed by atoms with E-state index in [2.05, 4.69) is 133 Å². The molecule has 0 radical (unpaired) electrons. The summed E-state index contributed by atoms with van der Waals surface area (Å²) in [6.07, 6.45) is 0. The molecule has 0 aromatic heterocycles. The molecule has 0 bridgehead atoms. The number of aryl methyl sites for hydroxylation is 1. The number of rotatable bonds is 4. The highest BCUT2D eigenvalue weighted by Crippen LogP contribution is 2.39. The van der Waals surface area contributed by atoms with E-state index in [1.54, 1.807) is 0 Å². The Hall–Kier alpha value is -3.84. The number of hydrogen-bond acceptors (Lipinski definition) is 1. The summed E-state index contributed by atoms with van der Waals surface area (Å²) in [6.45, 7) is 2.12. The van der Waals surface area contributed by atoms with Crippen molar-refractivity contribution in [3.63, 3.8) is 0 Å². The molecule has 30 heavy (non-hydrogen) atoms. The summed E-state index contributed by atoms with van der Waals surface area (Å²) in [5.74, 6) is 0. The monoisotopic (exact) mass is 385 g/mol. The summed E-state index contributed by atoms with van der Waals surface area (Å²) < 4.78 is 0. The fourth-order valence-electron chi connectivity index (χ4n) is 3.96. The average Bonchev–Trinajstić information content (AvgIpc) is 2.81. The van der Waals surface area contributed by atoms with Gasteiger partial charge < -0.3 is 4.90 Å². The van der Waals surface area contributed by atoms with Crippen molar-refractivity contribution in [2.45, 2.75) is 6.92 Å². The van der Waals surface area contributed by atoms with Crippen molar-refractivity contribution in [1.82, 2.24) is 0 Å². The minimum atomic E-state index is 1.15. The van der Waals surface area contributed by atoms with Crippen LogP contribution in [0.5, 0.6) is 0 Å². The molecule has 5 rings (SSSR count). The molecule has 5 aromatic carbocycles. The van der Waals surface area contributed by atoms with E-state index in [1.165, 1.54) is 33.2 Å². The Labute approximate surface area is 177 Å². The Kier molecular flexibility index (Phi) is 4.78. The fourth-order valence-corrected chi connectivity index (χ4v) is 3.96. The fraction of sp³-hybridized carbons (Fsp3) is 0.0345. The molecule has 0 unspecified atom stereocenters. The molecular formula is C29H23N. The van der Waals surface area contributed by atoms with Crippen LogP contribution in [-0.2, 0) is 0 Å². The highest BCUT2D eigenvalue weighted by molar-refractivity contribution is 5.98. The van der Waals surface area contributed by atoms with Gasteiger partial charge in [-0.1, -0.05) is 96.6 Å². The molecule has 0 fully saturated rings. The normalized spacial score (nSPS) is 10.8. The molecule has 0 aliphatic rings. The van der Waals surface area contributed by atoms with Crippen molar-refractivity contribution >= 4 is 27.8 Å². The summed E-state index contributed by atoms with van der Waals surface area (Å²) >= 11 is 0.